The van der Waals surface area contributed by atoms with Gasteiger partial charge in [-0.15, -0.1) is 0 Å². The minimum Gasteiger partial charge on any atom is -0.455 e. The van der Waals surface area contributed by atoms with E-state index in [0.717, 1.165) is 55.1 Å². The summed E-state index contributed by atoms with van der Waals surface area (Å²) >= 11 is 0. The molecule has 43 heavy (non-hydrogen) atoms. The van der Waals surface area contributed by atoms with E-state index in [1.54, 1.807) is 12.1 Å². The molecule has 5 nitrogen and oxygen atoms in total. The van der Waals surface area contributed by atoms with Crippen molar-refractivity contribution in [1.29, 1.82) is 5.26 Å². The highest BCUT2D eigenvalue weighted by Crippen LogP contribution is 2.36. The first kappa shape index (κ1) is 24.7. The van der Waals surface area contributed by atoms with Crippen LogP contribution in [0.25, 0.3) is 78.0 Å². The van der Waals surface area contributed by atoms with Gasteiger partial charge in [0.2, 0.25) is 0 Å². The number of rotatable bonds is 4. The number of aromatic nitrogens is 3. The van der Waals surface area contributed by atoms with Crippen LogP contribution < -0.4 is 0 Å². The largest absolute Gasteiger partial charge is 0.455 e. The summed E-state index contributed by atoms with van der Waals surface area (Å²) in [6.45, 7) is 0. The zero-order valence-corrected chi connectivity index (χ0v) is 22.9. The Morgan fingerprint density at radius 2 is 1.09 bits per heavy atom. The Balaban J connectivity index is 1.19. The van der Waals surface area contributed by atoms with E-state index in [1.807, 2.05) is 66.7 Å². The van der Waals surface area contributed by atoms with E-state index in [-0.39, 0.29) is 0 Å². The molecular weight excluding hydrogens is 528 g/mol. The first-order chi connectivity index (χ1) is 21.2. The van der Waals surface area contributed by atoms with Gasteiger partial charge in [-0.2, -0.15) is 5.26 Å². The molecule has 0 radical (unpaired) electrons. The van der Waals surface area contributed by atoms with Crippen LogP contribution >= 0.6 is 0 Å². The maximum absolute atomic E-state index is 9.42. The first-order valence-electron chi connectivity index (χ1n) is 14.0. The van der Waals surface area contributed by atoms with Gasteiger partial charge in [0, 0.05) is 32.8 Å². The lowest BCUT2D eigenvalue weighted by molar-refractivity contribution is 0.673. The minimum absolute atomic E-state index is 0.521. The zero-order valence-electron chi connectivity index (χ0n) is 22.9. The van der Waals surface area contributed by atoms with Crippen LogP contribution in [0, 0.1) is 11.3 Å². The number of hydrogen-bond donors (Lipinski definition) is 0. The fourth-order valence-electron chi connectivity index (χ4n) is 5.57. The highest BCUT2D eigenvalue weighted by molar-refractivity contribution is 6.15. The topological polar surface area (TPSA) is 75.6 Å². The van der Waals surface area contributed by atoms with Crippen LogP contribution in [-0.2, 0) is 0 Å². The molecule has 5 heteroatoms. The second-order valence-electron chi connectivity index (χ2n) is 10.4. The van der Waals surface area contributed by atoms with Gasteiger partial charge in [0.05, 0.1) is 11.6 Å². The molecule has 0 aliphatic heterocycles. The maximum atomic E-state index is 9.42. The third-order valence-electron chi connectivity index (χ3n) is 7.76. The van der Waals surface area contributed by atoms with Crippen LogP contribution in [0.4, 0.5) is 0 Å². The van der Waals surface area contributed by atoms with E-state index in [0.29, 0.717) is 23.0 Å². The monoisotopic (exact) mass is 550 g/mol. The smallest absolute Gasteiger partial charge is 0.164 e. The van der Waals surface area contributed by atoms with Gasteiger partial charge in [-0.25, -0.2) is 15.0 Å². The van der Waals surface area contributed by atoms with Crippen molar-refractivity contribution in [3.8, 4) is 51.4 Å². The molecular formula is C38H22N4O. The van der Waals surface area contributed by atoms with Gasteiger partial charge in [0.15, 0.2) is 17.5 Å². The molecule has 0 aliphatic rings. The average Bonchev–Trinajstić information content (AvgIpc) is 3.47. The molecule has 0 atom stereocenters. The summed E-state index contributed by atoms with van der Waals surface area (Å²) < 4.78 is 6.40. The Morgan fingerprint density at radius 3 is 1.88 bits per heavy atom. The third-order valence-corrected chi connectivity index (χ3v) is 7.76. The van der Waals surface area contributed by atoms with Crippen molar-refractivity contribution in [1.82, 2.24) is 15.0 Å². The van der Waals surface area contributed by atoms with Crippen LogP contribution in [0.3, 0.4) is 0 Å². The molecule has 6 aromatic carbocycles. The molecule has 0 fully saturated rings. The van der Waals surface area contributed by atoms with Gasteiger partial charge in [0.1, 0.15) is 11.2 Å². The standard InChI is InChI=1S/C38H22N4O/c39-23-24-7-6-11-30(21-24)38-41-36(27-9-2-1-3-10-27)40-37(42-38)28-15-13-25(14-16-28)29-18-19-32-33-20-17-26-8-4-5-12-31(26)35(33)43-34(32)22-29/h1-22H. The molecule has 0 N–H and O–H groups in total. The molecule has 0 saturated heterocycles. The highest BCUT2D eigenvalue weighted by Gasteiger charge is 2.14. The summed E-state index contributed by atoms with van der Waals surface area (Å²) in [6, 6.07) is 46.6. The molecule has 0 aliphatic carbocycles. The zero-order chi connectivity index (χ0) is 28.8. The lowest BCUT2D eigenvalue weighted by atomic mass is 10.0. The Morgan fingerprint density at radius 1 is 0.465 bits per heavy atom. The molecule has 200 valence electrons. The number of furan rings is 1. The van der Waals surface area contributed by atoms with Crippen molar-refractivity contribution in [2.24, 2.45) is 0 Å². The molecule has 0 amide bonds. The quantitative estimate of drug-likeness (QED) is 0.218. The fraction of sp³-hybridized carbons (Fsp3) is 0. The number of nitrogens with zero attached hydrogens (tertiary/aromatic N) is 4. The highest BCUT2D eigenvalue weighted by atomic mass is 16.3. The molecule has 0 saturated carbocycles. The molecule has 8 aromatic rings. The van der Waals surface area contributed by atoms with Gasteiger partial charge in [0.25, 0.3) is 0 Å². The summed E-state index contributed by atoms with van der Waals surface area (Å²) in [6.07, 6.45) is 0. The number of benzene rings is 6. The second-order valence-corrected chi connectivity index (χ2v) is 10.4. The Labute approximate surface area is 247 Å². The molecule has 0 bridgehead atoms. The van der Waals surface area contributed by atoms with E-state index >= 15 is 0 Å². The molecule has 8 rings (SSSR count). The first-order valence-corrected chi connectivity index (χ1v) is 14.0. The van der Waals surface area contributed by atoms with Crippen molar-refractivity contribution < 1.29 is 4.42 Å². The minimum atomic E-state index is 0.521. The number of nitriles is 1. The van der Waals surface area contributed by atoms with E-state index in [1.165, 1.54) is 5.39 Å². The van der Waals surface area contributed by atoms with Gasteiger partial charge < -0.3 is 4.42 Å². The van der Waals surface area contributed by atoms with Crippen molar-refractivity contribution in [3.63, 3.8) is 0 Å². The van der Waals surface area contributed by atoms with Crippen molar-refractivity contribution in [3.05, 3.63) is 139 Å². The number of hydrogen-bond acceptors (Lipinski definition) is 5. The summed E-state index contributed by atoms with van der Waals surface area (Å²) in [4.78, 5) is 14.4. The predicted molar refractivity (Wildman–Crippen MR) is 171 cm³/mol. The Kier molecular flexibility index (Phi) is 5.77. The van der Waals surface area contributed by atoms with E-state index in [9.17, 15) is 5.26 Å². The van der Waals surface area contributed by atoms with Crippen molar-refractivity contribution in [2.45, 2.75) is 0 Å². The van der Waals surface area contributed by atoms with E-state index in [4.69, 9.17) is 19.4 Å². The number of fused-ring (bicyclic) bond motifs is 5. The summed E-state index contributed by atoms with van der Waals surface area (Å²) in [5, 5.41) is 13.9. The molecule has 0 unspecified atom stereocenters. The predicted octanol–water partition coefficient (Wildman–Crippen LogP) is 9.46. The maximum Gasteiger partial charge on any atom is 0.164 e. The van der Waals surface area contributed by atoms with Crippen LogP contribution in [0.1, 0.15) is 5.56 Å². The van der Waals surface area contributed by atoms with Crippen LogP contribution in [0.15, 0.2) is 138 Å². The molecule has 2 aromatic heterocycles. The SMILES string of the molecule is N#Cc1cccc(-c2nc(-c3ccccc3)nc(-c3ccc(-c4ccc5c(c4)oc4c6ccccc6ccc54)cc3)n2)c1. The second kappa shape index (κ2) is 10.1. The van der Waals surface area contributed by atoms with Crippen LogP contribution in [-0.4, -0.2) is 15.0 Å². The van der Waals surface area contributed by atoms with Gasteiger partial charge in [-0.3, -0.25) is 0 Å². The summed E-state index contributed by atoms with van der Waals surface area (Å²) in [5.41, 5.74) is 7.00. The lowest BCUT2D eigenvalue weighted by Gasteiger charge is -2.09. The molecule has 0 spiro atoms. The van der Waals surface area contributed by atoms with Gasteiger partial charge in [-0.1, -0.05) is 103 Å². The molecule has 2 heterocycles. The normalized spacial score (nSPS) is 11.2. The Hall–Kier alpha value is -6.12. The average molecular weight is 551 g/mol. The van der Waals surface area contributed by atoms with Crippen LogP contribution in [0.5, 0.6) is 0 Å². The van der Waals surface area contributed by atoms with Gasteiger partial charge >= 0.3 is 0 Å². The lowest BCUT2D eigenvalue weighted by Crippen LogP contribution is -2.00. The van der Waals surface area contributed by atoms with Crippen molar-refractivity contribution in [2.75, 3.05) is 0 Å². The van der Waals surface area contributed by atoms with Gasteiger partial charge in [-0.05, 0) is 46.8 Å². The Bertz CT molecular complexity index is 2350. The van der Waals surface area contributed by atoms with E-state index in [2.05, 4.69) is 60.7 Å². The fourth-order valence-corrected chi connectivity index (χ4v) is 5.57. The summed E-state index contributed by atoms with van der Waals surface area (Å²) in [5.74, 6) is 1.67. The van der Waals surface area contributed by atoms with Crippen molar-refractivity contribution >= 4 is 32.7 Å². The van der Waals surface area contributed by atoms with Crippen LogP contribution in [0.2, 0.25) is 0 Å². The third kappa shape index (κ3) is 4.39. The van der Waals surface area contributed by atoms with E-state index < -0.39 is 0 Å². The summed E-state index contributed by atoms with van der Waals surface area (Å²) in [7, 11) is 0.